The van der Waals surface area contributed by atoms with E-state index in [1.807, 2.05) is 0 Å². The van der Waals surface area contributed by atoms with Crippen molar-refractivity contribution in [2.45, 2.75) is 75.3 Å². The van der Waals surface area contributed by atoms with E-state index >= 15 is 0 Å². The average Bonchev–Trinajstić information content (AvgIpc) is 3.22. The smallest absolute Gasteiger partial charge is 0.0728 e. The SMILES string of the molecule is Cl.Cl.OC1(C(CN2CCC(N3CCCC3)CC2)c2cccc(Br)c2)CCCCC1. The number of likely N-dealkylation sites (tertiary alicyclic amines) is 2. The van der Waals surface area contributed by atoms with Gasteiger partial charge < -0.3 is 14.9 Å². The van der Waals surface area contributed by atoms with Crippen LogP contribution in [-0.2, 0) is 0 Å². The molecule has 0 radical (unpaired) electrons. The molecule has 1 saturated carbocycles. The Kier molecular flexibility index (Phi) is 10.2. The van der Waals surface area contributed by atoms with Gasteiger partial charge in [0.25, 0.3) is 0 Å². The Labute approximate surface area is 197 Å². The minimum Gasteiger partial charge on any atom is -0.389 e. The zero-order valence-corrected chi connectivity index (χ0v) is 20.6. The van der Waals surface area contributed by atoms with E-state index in [4.69, 9.17) is 0 Å². The first-order valence-corrected chi connectivity index (χ1v) is 11.9. The molecular formula is C23H37BrCl2N2O. The van der Waals surface area contributed by atoms with Crippen LogP contribution in [0.25, 0.3) is 0 Å². The van der Waals surface area contributed by atoms with Gasteiger partial charge >= 0.3 is 0 Å². The summed E-state index contributed by atoms with van der Waals surface area (Å²) in [7, 11) is 0. The van der Waals surface area contributed by atoms with E-state index in [-0.39, 0.29) is 30.7 Å². The van der Waals surface area contributed by atoms with Crippen LogP contribution in [-0.4, -0.2) is 59.3 Å². The van der Waals surface area contributed by atoms with Crippen molar-refractivity contribution in [2.24, 2.45) is 0 Å². The Bertz CT molecular complexity index is 613. The fourth-order valence-corrected chi connectivity index (χ4v) is 6.07. The molecule has 2 saturated heterocycles. The van der Waals surface area contributed by atoms with Crippen LogP contribution in [0.4, 0.5) is 0 Å². The molecule has 2 aliphatic heterocycles. The second-order valence-corrected chi connectivity index (χ2v) is 9.96. The number of nitrogens with zero attached hydrogens (tertiary/aromatic N) is 2. The molecule has 3 fully saturated rings. The fraction of sp³-hybridized carbons (Fsp3) is 0.739. The molecular weight excluding hydrogens is 471 g/mol. The summed E-state index contributed by atoms with van der Waals surface area (Å²) in [5, 5.41) is 11.6. The molecule has 0 spiro atoms. The number of halogens is 3. The number of hydrogen-bond acceptors (Lipinski definition) is 3. The normalized spacial score (nSPS) is 24.5. The van der Waals surface area contributed by atoms with Gasteiger partial charge in [0.2, 0.25) is 0 Å². The largest absolute Gasteiger partial charge is 0.389 e. The summed E-state index contributed by atoms with van der Waals surface area (Å²) in [5.41, 5.74) is 0.764. The maximum absolute atomic E-state index is 11.6. The summed E-state index contributed by atoms with van der Waals surface area (Å²) in [6.45, 7) is 5.99. The van der Waals surface area contributed by atoms with Gasteiger partial charge in [-0.25, -0.2) is 0 Å². The summed E-state index contributed by atoms with van der Waals surface area (Å²) in [6, 6.07) is 9.46. The molecule has 4 rings (SSSR count). The topological polar surface area (TPSA) is 26.7 Å². The third-order valence-electron chi connectivity index (χ3n) is 7.27. The van der Waals surface area contributed by atoms with Crippen molar-refractivity contribution in [3.8, 4) is 0 Å². The van der Waals surface area contributed by atoms with Crippen LogP contribution in [0.3, 0.4) is 0 Å². The molecule has 166 valence electrons. The molecule has 3 nitrogen and oxygen atoms in total. The van der Waals surface area contributed by atoms with Crippen LogP contribution in [0.5, 0.6) is 0 Å². The van der Waals surface area contributed by atoms with Crippen LogP contribution in [0, 0.1) is 0 Å². The first-order valence-electron chi connectivity index (χ1n) is 11.1. The third kappa shape index (κ3) is 6.33. The van der Waals surface area contributed by atoms with E-state index in [0.29, 0.717) is 0 Å². The molecule has 1 atom stereocenters. The summed E-state index contributed by atoms with van der Waals surface area (Å²) < 4.78 is 1.12. The second-order valence-electron chi connectivity index (χ2n) is 9.05. The third-order valence-corrected chi connectivity index (χ3v) is 7.77. The highest BCUT2D eigenvalue weighted by atomic mass is 79.9. The van der Waals surface area contributed by atoms with Gasteiger partial charge in [-0.1, -0.05) is 47.3 Å². The van der Waals surface area contributed by atoms with Crippen molar-refractivity contribution in [3.05, 3.63) is 34.3 Å². The van der Waals surface area contributed by atoms with E-state index in [0.717, 1.165) is 42.7 Å². The first-order chi connectivity index (χ1) is 13.1. The minimum absolute atomic E-state index is 0. The van der Waals surface area contributed by atoms with Gasteiger partial charge in [-0.15, -0.1) is 24.8 Å². The molecule has 0 aromatic heterocycles. The number of piperidine rings is 1. The van der Waals surface area contributed by atoms with Gasteiger partial charge in [-0.3, -0.25) is 0 Å². The number of hydrogen-bond donors (Lipinski definition) is 1. The van der Waals surface area contributed by atoms with Crippen LogP contribution in [0.1, 0.15) is 69.3 Å². The van der Waals surface area contributed by atoms with E-state index in [1.165, 1.54) is 63.8 Å². The Balaban J connectivity index is 0.00000150. The lowest BCUT2D eigenvalue weighted by molar-refractivity contribution is -0.0338. The Morgan fingerprint density at radius 3 is 2.24 bits per heavy atom. The van der Waals surface area contributed by atoms with Crippen LogP contribution in [0.15, 0.2) is 28.7 Å². The van der Waals surface area contributed by atoms with Gasteiger partial charge in [-0.2, -0.15) is 0 Å². The molecule has 2 heterocycles. The number of benzene rings is 1. The lowest BCUT2D eigenvalue weighted by atomic mass is 9.72. The molecule has 29 heavy (non-hydrogen) atoms. The Morgan fingerprint density at radius 1 is 0.966 bits per heavy atom. The van der Waals surface area contributed by atoms with Gasteiger partial charge in [0.15, 0.2) is 0 Å². The monoisotopic (exact) mass is 506 g/mol. The van der Waals surface area contributed by atoms with Gasteiger partial charge in [0, 0.05) is 23.0 Å². The van der Waals surface area contributed by atoms with E-state index in [9.17, 15) is 5.11 Å². The lowest BCUT2D eigenvalue weighted by Gasteiger charge is -2.44. The molecule has 1 aromatic rings. The zero-order valence-electron chi connectivity index (χ0n) is 17.4. The van der Waals surface area contributed by atoms with Crippen molar-refractivity contribution in [2.75, 3.05) is 32.7 Å². The Morgan fingerprint density at radius 2 is 1.62 bits per heavy atom. The summed E-state index contributed by atoms with van der Waals surface area (Å²) in [5.74, 6) is 0.221. The van der Waals surface area contributed by atoms with Crippen molar-refractivity contribution in [1.29, 1.82) is 0 Å². The average molecular weight is 508 g/mol. The molecule has 1 unspecified atom stereocenters. The van der Waals surface area contributed by atoms with E-state index in [2.05, 4.69) is 50.0 Å². The van der Waals surface area contributed by atoms with Crippen LogP contribution in [0.2, 0.25) is 0 Å². The second kappa shape index (κ2) is 11.7. The zero-order chi connectivity index (χ0) is 18.7. The molecule has 1 aliphatic carbocycles. The van der Waals surface area contributed by atoms with Crippen LogP contribution < -0.4 is 0 Å². The Hall–Kier alpha value is 0.160. The summed E-state index contributed by atoms with van der Waals surface area (Å²) in [6.07, 6.45) is 10.9. The summed E-state index contributed by atoms with van der Waals surface area (Å²) in [4.78, 5) is 5.35. The van der Waals surface area contributed by atoms with Gasteiger partial charge in [0.05, 0.1) is 5.60 Å². The quantitative estimate of drug-likeness (QED) is 0.559. The molecule has 1 aromatic carbocycles. The number of aliphatic hydroxyl groups is 1. The predicted molar refractivity (Wildman–Crippen MR) is 130 cm³/mol. The van der Waals surface area contributed by atoms with Crippen molar-refractivity contribution >= 4 is 40.7 Å². The van der Waals surface area contributed by atoms with Crippen LogP contribution >= 0.6 is 40.7 Å². The van der Waals surface area contributed by atoms with Crippen molar-refractivity contribution in [3.63, 3.8) is 0 Å². The van der Waals surface area contributed by atoms with E-state index in [1.54, 1.807) is 0 Å². The molecule has 6 heteroatoms. The maximum atomic E-state index is 11.6. The summed E-state index contributed by atoms with van der Waals surface area (Å²) >= 11 is 3.64. The fourth-order valence-electron chi connectivity index (χ4n) is 5.65. The van der Waals surface area contributed by atoms with E-state index < -0.39 is 5.60 Å². The molecule has 0 bridgehead atoms. The van der Waals surface area contributed by atoms with Crippen molar-refractivity contribution < 1.29 is 5.11 Å². The number of rotatable bonds is 5. The van der Waals surface area contributed by atoms with Gasteiger partial charge in [-0.05, 0) is 82.4 Å². The highest BCUT2D eigenvalue weighted by molar-refractivity contribution is 9.10. The predicted octanol–water partition coefficient (Wildman–Crippen LogP) is 5.63. The molecule has 0 amide bonds. The highest BCUT2D eigenvalue weighted by Crippen LogP contribution is 2.41. The lowest BCUT2D eigenvalue weighted by Crippen LogP contribution is -2.48. The molecule has 1 N–H and O–H groups in total. The minimum atomic E-state index is -0.537. The maximum Gasteiger partial charge on any atom is 0.0728 e. The van der Waals surface area contributed by atoms with Gasteiger partial charge in [0.1, 0.15) is 0 Å². The molecule has 3 aliphatic rings. The standard InChI is InChI=1S/C23H35BrN2O.2ClH/c24-20-8-6-7-19(17-20)22(23(27)11-2-1-3-12-23)18-25-15-9-21(10-16-25)26-13-4-5-14-26;;/h6-8,17,21-22,27H,1-5,9-16,18H2;2*1H. The highest BCUT2D eigenvalue weighted by Gasteiger charge is 2.40. The first kappa shape index (κ1) is 25.4. The van der Waals surface area contributed by atoms with Crippen molar-refractivity contribution in [1.82, 2.24) is 9.80 Å².